The minimum Gasteiger partial charge on any atom is -0.544 e. The summed E-state index contributed by atoms with van der Waals surface area (Å²) in [4.78, 5) is 19.0. The summed E-state index contributed by atoms with van der Waals surface area (Å²) in [5.41, 5.74) is 0. The maximum Gasteiger partial charge on any atom is 2.00 e. The van der Waals surface area contributed by atoms with Crippen molar-refractivity contribution in [3.8, 4) is 0 Å². The summed E-state index contributed by atoms with van der Waals surface area (Å²) in [6.45, 7) is 6.16. The van der Waals surface area contributed by atoms with Crippen molar-refractivity contribution < 1.29 is 47.1 Å². The molecule has 0 aromatic carbocycles. The Kier molecular flexibility index (Phi) is 16.2. The fourth-order valence-corrected chi connectivity index (χ4v) is 0. The first-order valence-corrected chi connectivity index (χ1v) is 4.56. The van der Waals surface area contributed by atoms with Gasteiger partial charge >= 0.3 is 27.3 Å². The molecule has 0 aliphatic carbocycles. The first-order valence-electron chi connectivity index (χ1n) is 2.40. The molecule has 0 aliphatic rings. The van der Waals surface area contributed by atoms with Gasteiger partial charge in [-0.05, 0) is 45.2 Å². The van der Waals surface area contributed by atoms with Crippen molar-refractivity contribution in [2.45, 2.75) is 0 Å². The first-order chi connectivity index (χ1) is 5.29. The van der Waals surface area contributed by atoms with Crippen LogP contribution in [-0.2, 0) is 36.9 Å². The van der Waals surface area contributed by atoms with Crippen molar-refractivity contribution in [3.63, 3.8) is 0 Å². The second kappa shape index (κ2) is 10.9. The van der Waals surface area contributed by atoms with Crippen molar-refractivity contribution in [2.75, 3.05) is 0 Å². The van der Waals surface area contributed by atoms with E-state index in [1.165, 1.54) is 0 Å². The van der Waals surface area contributed by atoms with E-state index in [2.05, 4.69) is 13.2 Å². The number of carbonyl (C=O) groups excluding carboxylic acids is 2. The fraction of sp³-hybridized carbons (Fsp3) is 0. The molecule has 0 aliphatic heterocycles. The van der Waals surface area contributed by atoms with Crippen LogP contribution in [0, 0.1) is 0 Å². The molecule has 68 valence electrons. The van der Waals surface area contributed by atoms with Crippen molar-refractivity contribution in [1.29, 1.82) is 0 Å². The fourth-order valence-electron chi connectivity index (χ4n) is 0. The maximum atomic E-state index is 9.48. The molecule has 0 saturated carbocycles. The van der Waals surface area contributed by atoms with Crippen LogP contribution in [0.4, 0.5) is 0 Å². The van der Waals surface area contributed by atoms with Gasteiger partial charge in [0.2, 0.25) is 0 Å². The smallest absolute Gasteiger partial charge is 0.544 e. The third-order valence-corrected chi connectivity index (χ3v) is 1.32. The molecule has 0 heterocycles. The van der Waals surface area contributed by atoms with Gasteiger partial charge in [-0.1, -0.05) is 13.2 Å². The van der Waals surface area contributed by atoms with Crippen molar-refractivity contribution in [3.05, 3.63) is 20.3 Å². The van der Waals surface area contributed by atoms with Crippen molar-refractivity contribution in [2.24, 2.45) is 0 Å². The van der Waals surface area contributed by atoms with Crippen LogP contribution in [0.3, 0.4) is 0 Å². The summed E-state index contributed by atoms with van der Waals surface area (Å²) in [6.07, 6.45) is 0. The average molecular weight is 506 g/mol. The average Bonchev–Trinajstić information content (AvgIpc) is 1.88. The van der Waals surface area contributed by atoms with Crippen LogP contribution in [0.2, 0.25) is 0 Å². The van der Waals surface area contributed by atoms with Gasteiger partial charge in [-0.25, -0.2) is 0 Å². The standard InChI is InChI=1S/2C3H3IO2.Cd/c2*1-2(4)3(5)6;/h2*1H2,(H,5,6);/q;;+2/p-2. The van der Waals surface area contributed by atoms with Gasteiger partial charge in [-0.2, -0.15) is 0 Å². The molecule has 0 bridgehead atoms. The Morgan fingerprint density at radius 3 is 1.00 bits per heavy atom. The van der Waals surface area contributed by atoms with Crippen LogP contribution in [0.25, 0.3) is 0 Å². The van der Waals surface area contributed by atoms with E-state index in [1.54, 1.807) is 45.2 Å². The molecule has 0 atom stereocenters. The molecule has 0 rings (SSSR count). The van der Waals surface area contributed by atoms with Gasteiger partial charge < -0.3 is 19.8 Å². The van der Waals surface area contributed by atoms with Crippen molar-refractivity contribution >= 4 is 57.1 Å². The number of carboxylic acids is 2. The van der Waals surface area contributed by atoms with Crippen LogP contribution in [0.1, 0.15) is 0 Å². The van der Waals surface area contributed by atoms with E-state index in [0.717, 1.165) is 0 Å². The Hall–Kier alpha value is 0.802. The third kappa shape index (κ3) is 19.3. The molecule has 0 aromatic heterocycles. The van der Waals surface area contributed by atoms with Gasteiger partial charge in [-0.15, -0.1) is 0 Å². The molecule has 0 spiro atoms. The maximum absolute atomic E-state index is 9.48. The number of halogens is 2. The zero-order valence-electron chi connectivity index (χ0n) is 6.51. The summed E-state index contributed by atoms with van der Waals surface area (Å²) in [5, 5.41) is 19.0. The van der Waals surface area contributed by atoms with E-state index < -0.39 is 11.9 Å². The van der Waals surface area contributed by atoms with Gasteiger partial charge in [0, 0.05) is 7.16 Å². The Labute approximate surface area is 123 Å². The molecule has 0 radical (unpaired) electrons. The molecule has 0 aromatic rings. The Bertz CT molecular complexity index is 179. The van der Waals surface area contributed by atoms with E-state index in [4.69, 9.17) is 0 Å². The zero-order chi connectivity index (χ0) is 10.3. The predicted octanol–water partition coefficient (Wildman–Crippen LogP) is -0.633. The number of hydrogen-bond donors (Lipinski definition) is 0. The largest absolute Gasteiger partial charge is 2.00 e. The second-order valence-electron chi connectivity index (χ2n) is 1.38. The molecular formula is C6H4CdI2O4. The summed E-state index contributed by atoms with van der Waals surface area (Å²) in [5.74, 6) is -2.40. The number of hydrogen-bond acceptors (Lipinski definition) is 4. The monoisotopic (exact) mass is 508 g/mol. The van der Waals surface area contributed by atoms with Crippen LogP contribution < -0.4 is 10.2 Å². The minimum atomic E-state index is -1.20. The number of carbonyl (C=O) groups is 2. The van der Waals surface area contributed by atoms with Gasteiger partial charge in [0.05, 0.1) is 11.9 Å². The zero-order valence-corrected chi connectivity index (χ0v) is 14.9. The van der Waals surface area contributed by atoms with Crippen molar-refractivity contribution in [1.82, 2.24) is 0 Å². The topological polar surface area (TPSA) is 80.3 Å². The van der Waals surface area contributed by atoms with Gasteiger partial charge in [-0.3, -0.25) is 0 Å². The molecule has 0 saturated heterocycles. The molecule has 0 N–H and O–H groups in total. The van der Waals surface area contributed by atoms with E-state index >= 15 is 0 Å². The van der Waals surface area contributed by atoms with E-state index in [9.17, 15) is 19.8 Å². The van der Waals surface area contributed by atoms with Gasteiger partial charge in [0.25, 0.3) is 0 Å². The molecular weight excluding hydrogens is 502 g/mol. The SMILES string of the molecule is C=C(I)C(=O)[O-].C=C(I)C(=O)[O-].[Cd+2]. The quantitative estimate of drug-likeness (QED) is 0.284. The van der Waals surface area contributed by atoms with E-state index in [0.29, 0.717) is 0 Å². The molecule has 13 heavy (non-hydrogen) atoms. The molecule has 0 amide bonds. The summed E-state index contributed by atoms with van der Waals surface area (Å²) in [7, 11) is 0. The molecule has 4 nitrogen and oxygen atoms in total. The number of aliphatic carboxylic acids is 2. The Morgan fingerprint density at radius 1 is 0.923 bits per heavy atom. The first kappa shape index (κ1) is 19.4. The summed E-state index contributed by atoms with van der Waals surface area (Å²) >= 11 is 3.15. The summed E-state index contributed by atoms with van der Waals surface area (Å²) in [6, 6.07) is 0. The van der Waals surface area contributed by atoms with E-state index in [-0.39, 0.29) is 34.5 Å². The third-order valence-electron chi connectivity index (χ3n) is 0.443. The minimum absolute atomic E-state index is 0. The van der Waals surface area contributed by atoms with Crippen LogP contribution in [0.5, 0.6) is 0 Å². The Balaban J connectivity index is -0.000000143. The molecule has 0 fully saturated rings. The van der Waals surface area contributed by atoms with Crippen LogP contribution in [-0.4, -0.2) is 11.9 Å². The molecule has 0 unspecified atom stereocenters. The van der Waals surface area contributed by atoms with Gasteiger partial charge in [0.15, 0.2) is 0 Å². The number of carboxylic acid groups (broad SMARTS) is 2. The van der Waals surface area contributed by atoms with Crippen LogP contribution >= 0.6 is 45.2 Å². The predicted molar refractivity (Wildman–Crippen MR) is 56.3 cm³/mol. The number of rotatable bonds is 2. The normalized spacial score (nSPS) is 6.92. The van der Waals surface area contributed by atoms with Gasteiger partial charge in [0.1, 0.15) is 0 Å². The second-order valence-corrected chi connectivity index (χ2v) is 3.99. The van der Waals surface area contributed by atoms with E-state index in [1.807, 2.05) is 0 Å². The van der Waals surface area contributed by atoms with Crippen LogP contribution in [0.15, 0.2) is 20.3 Å². The molecule has 7 heteroatoms. The summed E-state index contributed by atoms with van der Waals surface area (Å²) < 4.78 is 0.0696. The Morgan fingerprint density at radius 2 is 1.00 bits per heavy atom.